The maximum absolute atomic E-state index is 6.07. The van der Waals surface area contributed by atoms with E-state index in [9.17, 15) is 0 Å². The van der Waals surface area contributed by atoms with Gasteiger partial charge in [-0.2, -0.15) is 0 Å². The summed E-state index contributed by atoms with van der Waals surface area (Å²) in [5.74, 6) is 0.909. The maximum Gasteiger partial charge on any atom is 0.147 e. The predicted octanol–water partition coefficient (Wildman–Crippen LogP) is 5.83. The Hall–Kier alpha value is -2.57. The molecule has 0 saturated carbocycles. The number of aromatic nitrogens is 3. The van der Waals surface area contributed by atoms with Gasteiger partial charge in [0.2, 0.25) is 0 Å². The van der Waals surface area contributed by atoms with E-state index in [-0.39, 0.29) is 5.60 Å². The number of aryl methyl sites for hydroxylation is 2. The average Bonchev–Trinajstić information content (AvgIpc) is 3.12. The van der Waals surface area contributed by atoms with Crippen LogP contribution in [0.1, 0.15) is 49.6 Å². The second-order valence-electron chi connectivity index (χ2n) is 9.13. The standard InChI is InChI=1S/C25H28N4OS/c1-15(10-11-17-8-6-5-7-9-17)28-23-22-21(26-14-27-23)20-18-12-25(3,4)30-13-19(18)16(2)29-24(20)31-22/h5-9,14-15H,10-13H2,1-4H3,(H,26,27,28). The van der Waals surface area contributed by atoms with Crippen LogP contribution in [0.25, 0.3) is 20.4 Å². The molecule has 4 heterocycles. The molecule has 5 nitrogen and oxygen atoms in total. The maximum atomic E-state index is 6.07. The van der Waals surface area contributed by atoms with Crippen molar-refractivity contribution in [1.29, 1.82) is 0 Å². The van der Waals surface area contributed by atoms with Crippen LogP contribution in [-0.4, -0.2) is 26.6 Å². The van der Waals surface area contributed by atoms with Crippen molar-refractivity contribution in [2.24, 2.45) is 0 Å². The number of hydrogen-bond donors (Lipinski definition) is 1. The van der Waals surface area contributed by atoms with Crippen molar-refractivity contribution < 1.29 is 4.74 Å². The summed E-state index contributed by atoms with van der Waals surface area (Å²) in [6.45, 7) is 9.22. The van der Waals surface area contributed by atoms with Crippen molar-refractivity contribution in [3.05, 3.63) is 59.0 Å². The molecular formula is C25H28N4OS. The van der Waals surface area contributed by atoms with Gasteiger partial charge in [0.15, 0.2) is 0 Å². The average molecular weight is 433 g/mol. The molecular weight excluding hydrogens is 404 g/mol. The monoisotopic (exact) mass is 432 g/mol. The fourth-order valence-corrected chi connectivity index (χ4v) is 5.56. The molecule has 1 N–H and O–H groups in total. The fourth-order valence-electron chi connectivity index (χ4n) is 4.40. The van der Waals surface area contributed by atoms with Gasteiger partial charge in [-0.15, -0.1) is 11.3 Å². The zero-order valence-electron chi connectivity index (χ0n) is 18.5. The zero-order valence-corrected chi connectivity index (χ0v) is 19.3. The van der Waals surface area contributed by atoms with Crippen LogP contribution in [0.5, 0.6) is 0 Å². The molecule has 1 unspecified atom stereocenters. The van der Waals surface area contributed by atoms with E-state index in [4.69, 9.17) is 14.7 Å². The third-order valence-electron chi connectivity index (χ3n) is 6.13. The molecule has 1 atom stereocenters. The lowest BCUT2D eigenvalue weighted by Gasteiger charge is -2.32. The number of hydrogen-bond acceptors (Lipinski definition) is 6. The molecule has 5 rings (SSSR count). The quantitative estimate of drug-likeness (QED) is 0.430. The molecule has 3 aromatic heterocycles. The minimum absolute atomic E-state index is 0.179. The molecule has 0 spiro atoms. The van der Waals surface area contributed by atoms with Crippen LogP contribution in [0.3, 0.4) is 0 Å². The Balaban J connectivity index is 1.50. The number of benzene rings is 1. The third kappa shape index (κ3) is 3.90. The van der Waals surface area contributed by atoms with E-state index in [0.29, 0.717) is 12.6 Å². The van der Waals surface area contributed by atoms with E-state index in [1.54, 1.807) is 17.7 Å². The molecule has 0 amide bonds. The van der Waals surface area contributed by atoms with Crippen LogP contribution < -0.4 is 5.32 Å². The summed E-state index contributed by atoms with van der Waals surface area (Å²) >= 11 is 1.69. The van der Waals surface area contributed by atoms with E-state index < -0.39 is 0 Å². The number of thiophene rings is 1. The molecule has 1 aromatic carbocycles. The number of fused-ring (bicyclic) bond motifs is 5. The Bertz CT molecular complexity index is 1250. The third-order valence-corrected chi connectivity index (χ3v) is 7.21. The lowest BCUT2D eigenvalue weighted by molar-refractivity contribution is -0.0400. The highest BCUT2D eigenvalue weighted by Crippen LogP contribution is 2.42. The van der Waals surface area contributed by atoms with Crippen molar-refractivity contribution in [3.63, 3.8) is 0 Å². The van der Waals surface area contributed by atoms with Crippen molar-refractivity contribution in [3.8, 4) is 0 Å². The highest BCUT2D eigenvalue weighted by molar-refractivity contribution is 7.26. The van der Waals surface area contributed by atoms with E-state index in [2.05, 4.69) is 68.3 Å². The van der Waals surface area contributed by atoms with Crippen molar-refractivity contribution in [2.75, 3.05) is 5.32 Å². The first-order chi connectivity index (χ1) is 14.9. The second-order valence-corrected chi connectivity index (χ2v) is 10.1. The number of anilines is 1. The Morgan fingerprint density at radius 2 is 1.97 bits per heavy atom. The molecule has 0 fully saturated rings. The van der Waals surface area contributed by atoms with Gasteiger partial charge in [0.05, 0.1) is 22.4 Å². The lowest BCUT2D eigenvalue weighted by atomic mass is 9.89. The first-order valence-corrected chi connectivity index (χ1v) is 11.7. The van der Waals surface area contributed by atoms with Crippen LogP contribution in [0, 0.1) is 6.92 Å². The lowest BCUT2D eigenvalue weighted by Crippen LogP contribution is -2.32. The summed E-state index contributed by atoms with van der Waals surface area (Å²) in [7, 11) is 0. The number of nitrogens with one attached hydrogen (secondary N) is 1. The van der Waals surface area contributed by atoms with Gasteiger partial charge in [-0.1, -0.05) is 30.3 Å². The first-order valence-electron chi connectivity index (χ1n) is 10.9. The largest absolute Gasteiger partial charge is 0.370 e. The van der Waals surface area contributed by atoms with Crippen LogP contribution in [-0.2, 0) is 24.2 Å². The highest BCUT2D eigenvalue weighted by atomic mass is 32.1. The molecule has 0 aliphatic carbocycles. The second kappa shape index (κ2) is 7.84. The first kappa shape index (κ1) is 20.3. The van der Waals surface area contributed by atoms with Crippen LogP contribution >= 0.6 is 11.3 Å². The summed E-state index contributed by atoms with van der Waals surface area (Å²) in [4.78, 5) is 15.2. The summed E-state index contributed by atoms with van der Waals surface area (Å²) in [5, 5.41) is 4.81. The molecule has 0 saturated heterocycles. The van der Waals surface area contributed by atoms with Crippen LogP contribution in [0.15, 0.2) is 36.7 Å². The van der Waals surface area contributed by atoms with Gasteiger partial charge < -0.3 is 10.1 Å². The summed E-state index contributed by atoms with van der Waals surface area (Å²) in [5.41, 5.74) is 5.81. The van der Waals surface area contributed by atoms with E-state index >= 15 is 0 Å². The smallest absolute Gasteiger partial charge is 0.147 e. The minimum Gasteiger partial charge on any atom is -0.370 e. The minimum atomic E-state index is -0.179. The van der Waals surface area contributed by atoms with E-state index in [0.717, 1.165) is 45.8 Å². The molecule has 160 valence electrons. The van der Waals surface area contributed by atoms with Gasteiger partial charge in [-0.25, -0.2) is 15.0 Å². The number of nitrogens with zero attached hydrogens (tertiary/aromatic N) is 3. The molecule has 1 aliphatic heterocycles. The van der Waals surface area contributed by atoms with Gasteiger partial charge in [0, 0.05) is 29.1 Å². The Morgan fingerprint density at radius 3 is 2.77 bits per heavy atom. The molecule has 0 radical (unpaired) electrons. The molecule has 1 aliphatic rings. The number of rotatable bonds is 5. The Kier molecular flexibility index (Phi) is 5.15. The Morgan fingerprint density at radius 1 is 1.16 bits per heavy atom. The van der Waals surface area contributed by atoms with Gasteiger partial charge in [-0.3, -0.25) is 0 Å². The fraction of sp³-hybridized carbons (Fsp3) is 0.400. The normalized spacial score (nSPS) is 16.4. The number of pyridine rings is 1. The summed E-state index contributed by atoms with van der Waals surface area (Å²) < 4.78 is 7.16. The summed E-state index contributed by atoms with van der Waals surface area (Å²) in [6.07, 6.45) is 4.63. The SMILES string of the molecule is Cc1nc2sc3c(NC(C)CCc4ccccc4)ncnc3c2c2c1COC(C)(C)C2. The van der Waals surface area contributed by atoms with Gasteiger partial charge >= 0.3 is 0 Å². The molecule has 4 aromatic rings. The number of ether oxygens (including phenoxy) is 1. The Labute approximate surface area is 186 Å². The van der Waals surface area contributed by atoms with Crippen molar-refractivity contribution >= 4 is 37.6 Å². The molecule has 6 heteroatoms. The van der Waals surface area contributed by atoms with E-state index in [1.807, 2.05) is 0 Å². The van der Waals surface area contributed by atoms with Gasteiger partial charge in [-0.05, 0) is 51.7 Å². The van der Waals surface area contributed by atoms with Gasteiger partial charge in [0.1, 0.15) is 17.0 Å². The molecule has 0 bridgehead atoms. The summed E-state index contributed by atoms with van der Waals surface area (Å²) in [6, 6.07) is 10.9. The van der Waals surface area contributed by atoms with Crippen LogP contribution in [0.4, 0.5) is 5.82 Å². The van der Waals surface area contributed by atoms with Crippen molar-refractivity contribution in [2.45, 2.75) is 65.2 Å². The highest BCUT2D eigenvalue weighted by Gasteiger charge is 2.31. The molecule has 31 heavy (non-hydrogen) atoms. The van der Waals surface area contributed by atoms with E-state index in [1.165, 1.54) is 22.1 Å². The van der Waals surface area contributed by atoms with Crippen molar-refractivity contribution in [1.82, 2.24) is 15.0 Å². The predicted molar refractivity (Wildman–Crippen MR) is 128 cm³/mol. The van der Waals surface area contributed by atoms with Crippen LogP contribution in [0.2, 0.25) is 0 Å². The zero-order chi connectivity index (χ0) is 21.6. The van der Waals surface area contributed by atoms with Gasteiger partial charge in [0.25, 0.3) is 0 Å². The topological polar surface area (TPSA) is 59.9 Å².